The maximum Gasteiger partial charge on any atom is 2.00 e. The number of hydrogen-bond donors (Lipinski definition) is 0. The Morgan fingerprint density at radius 1 is 0.304 bits per heavy atom. The maximum absolute atomic E-state index is 6.07. The van der Waals surface area contributed by atoms with Gasteiger partial charge in [0.15, 0.2) is 0 Å². The van der Waals surface area contributed by atoms with Crippen LogP contribution in [-0.2, 0) is 19.5 Å². The summed E-state index contributed by atoms with van der Waals surface area (Å²) >= 11 is 0. The minimum atomic E-state index is -1.48. The Balaban J connectivity index is 0.000000167. The summed E-state index contributed by atoms with van der Waals surface area (Å²) in [5.41, 5.74) is 3.17. The molecule has 8 aromatic carbocycles. The number of allylic oxidation sites excluding steroid dienone is 8. The fraction of sp³-hybridized carbons (Fsp3) is 0.172. The molecule has 0 bridgehead atoms. The monoisotopic (exact) mass is 1080 g/mol. The molecule has 2 aliphatic rings. The number of benzene rings is 8. The maximum atomic E-state index is 6.07. The molecule has 2 heterocycles. The van der Waals surface area contributed by atoms with E-state index in [0.29, 0.717) is 0 Å². The Morgan fingerprint density at radius 3 is 0.710 bits per heavy atom. The third kappa shape index (κ3) is 12.7. The topological polar surface area (TPSA) is 71.0 Å². The zero-order valence-electron chi connectivity index (χ0n) is 38.6. The molecule has 2 aliphatic carbocycles. The molecule has 0 N–H and O–H groups in total. The molecule has 11 heteroatoms. The molecule has 12 rings (SSSR count). The van der Waals surface area contributed by atoms with Crippen molar-refractivity contribution in [3.05, 3.63) is 194 Å². The molecule has 6 nitrogen and oxygen atoms in total. The molecule has 0 unspecified atom stereocenters. The zero-order chi connectivity index (χ0) is 44.9. The molecule has 0 atom stereocenters. The van der Waals surface area contributed by atoms with E-state index in [0.717, 1.165) is 65.4 Å². The molecule has 2 aromatic heterocycles. The van der Waals surface area contributed by atoms with Gasteiger partial charge < -0.3 is 41.6 Å². The first kappa shape index (κ1) is 53.0. The van der Waals surface area contributed by atoms with Crippen LogP contribution in [0.2, 0.25) is 0 Å². The van der Waals surface area contributed by atoms with Crippen LogP contribution >= 0.6 is 16.5 Å². The van der Waals surface area contributed by atoms with Crippen LogP contribution < -0.4 is 33.9 Å². The zero-order valence-corrected chi connectivity index (χ0v) is 43.5. The van der Waals surface area contributed by atoms with Gasteiger partial charge in [0, 0.05) is 21.5 Å². The van der Waals surface area contributed by atoms with Gasteiger partial charge >= 0.3 is 36.0 Å². The predicted octanol–water partition coefficient (Wildman–Crippen LogP) is 12.7. The van der Waals surface area contributed by atoms with E-state index in [1.54, 1.807) is 14.2 Å². The number of hydrogen-bond acceptors (Lipinski definition) is 6. The van der Waals surface area contributed by atoms with Crippen LogP contribution in [0.25, 0.3) is 87.0 Å². The van der Waals surface area contributed by atoms with Gasteiger partial charge in [-0.15, -0.1) is 0 Å². The van der Waals surface area contributed by atoms with Gasteiger partial charge in [-0.2, -0.15) is 0 Å². The van der Waals surface area contributed by atoms with Crippen LogP contribution in [0.5, 0.6) is 0 Å². The molecule has 1 radical (unpaired) electrons. The minimum Gasteiger partial charge on any atom is -1.00 e. The van der Waals surface area contributed by atoms with Crippen molar-refractivity contribution >= 4 is 103 Å². The van der Waals surface area contributed by atoms with Gasteiger partial charge in [-0.05, 0) is 119 Å². The first-order valence-corrected chi connectivity index (χ1v) is 25.0. The Kier molecular flexibility index (Phi) is 20.5. The summed E-state index contributed by atoms with van der Waals surface area (Å²) in [6.07, 6.45) is 28.0. The second-order valence-corrected chi connectivity index (χ2v) is 18.4. The third-order valence-corrected chi connectivity index (χ3v) is 13.7. The number of halogens is 2. The second kappa shape index (κ2) is 26.6. The van der Waals surface area contributed by atoms with E-state index >= 15 is 0 Å². The minimum absolute atomic E-state index is 0. The number of rotatable bonds is 2. The summed E-state index contributed by atoms with van der Waals surface area (Å²) in [4.78, 5) is 0. The Hall–Kier alpha value is -5.32. The summed E-state index contributed by atoms with van der Waals surface area (Å²) in [6, 6.07) is 49.7. The van der Waals surface area contributed by atoms with Crippen molar-refractivity contribution in [2.24, 2.45) is 0 Å². The average Bonchev–Trinajstić information content (AvgIpc) is 3.63. The van der Waals surface area contributed by atoms with Gasteiger partial charge in [-0.1, -0.05) is 170 Å². The van der Waals surface area contributed by atoms with Gasteiger partial charge in [0.05, 0.1) is 14.2 Å². The molecule has 0 fully saturated rings. The molecule has 10 aromatic rings. The van der Waals surface area contributed by atoms with Crippen molar-refractivity contribution < 1.29 is 70.1 Å². The largest absolute Gasteiger partial charge is 2.00 e. The average molecular weight is 1080 g/mol. The quantitative estimate of drug-likeness (QED) is 0.127. The molecule has 0 saturated heterocycles. The fourth-order valence-electron chi connectivity index (χ4n) is 8.56. The first-order chi connectivity index (χ1) is 32.7. The van der Waals surface area contributed by atoms with Crippen molar-refractivity contribution in [2.75, 3.05) is 14.2 Å². The summed E-state index contributed by atoms with van der Waals surface area (Å²) < 4.78 is 35.1. The van der Waals surface area contributed by atoms with Crippen LogP contribution in [-0.4, -0.2) is 14.2 Å². The summed E-state index contributed by atoms with van der Waals surface area (Å²) in [5, 5.41) is 13.5. The van der Waals surface area contributed by atoms with Crippen molar-refractivity contribution in [3.8, 4) is 0 Å². The number of fused-ring (bicyclic) bond motifs is 14. The molecule has 0 saturated carbocycles. The van der Waals surface area contributed by atoms with Crippen molar-refractivity contribution in [2.45, 2.75) is 51.4 Å². The standard InChI is InChI=1S/2C21H15O3P.2C8H12.2ClH.Rh/c2*1-22-25-23-18-12-10-14-6-2-4-8-16(14)20(18)21-17-9-5-3-7-15(17)11-13-19(21)24-25;2*1-2-4-6-8-7-5-3-1;;;/h2*2-13H,1H3;2*1-2,7-8H,3-6H2;2*1H;/q;;;;;;+2/p-2/b;;2*2-1-,8-7-;;;. The van der Waals surface area contributed by atoms with E-state index < -0.39 is 16.5 Å². The van der Waals surface area contributed by atoms with E-state index in [4.69, 9.17) is 25.8 Å². The van der Waals surface area contributed by atoms with E-state index in [1.165, 1.54) is 72.9 Å². The fourth-order valence-corrected chi connectivity index (χ4v) is 10.2. The Bertz CT molecular complexity index is 3030. The van der Waals surface area contributed by atoms with E-state index in [2.05, 4.69) is 170 Å². The van der Waals surface area contributed by atoms with Crippen LogP contribution in [0.3, 0.4) is 0 Å². The van der Waals surface area contributed by atoms with Gasteiger partial charge in [-0.25, -0.2) is 0 Å². The van der Waals surface area contributed by atoms with E-state index in [1.807, 2.05) is 24.3 Å². The van der Waals surface area contributed by atoms with Crippen molar-refractivity contribution in [1.29, 1.82) is 0 Å². The van der Waals surface area contributed by atoms with Crippen molar-refractivity contribution in [1.82, 2.24) is 0 Å². The smallest absolute Gasteiger partial charge is 1.00 e. The summed E-state index contributed by atoms with van der Waals surface area (Å²) in [7, 11) is 0.259. The van der Waals surface area contributed by atoms with Crippen LogP contribution in [0, 0.1) is 0 Å². The molecule has 0 amide bonds. The Labute approximate surface area is 430 Å². The predicted molar refractivity (Wildman–Crippen MR) is 281 cm³/mol. The molecule has 0 spiro atoms. The van der Waals surface area contributed by atoms with Crippen LogP contribution in [0.15, 0.2) is 211 Å². The van der Waals surface area contributed by atoms with Gasteiger partial charge in [0.2, 0.25) is 0 Å². The van der Waals surface area contributed by atoms with Gasteiger partial charge in [0.25, 0.3) is 0 Å². The van der Waals surface area contributed by atoms with Crippen LogP contribution in [0.4, 0.5) is 0 Å². The third-order valence-electron chi connectivity index (χ3n) is 11.7. The summed E-state index contributed by atoms with van der Waals surface area (Å²) in [5.74, 6) is 0. The molecule has 69 heavy (non-hydrogen) atoms. The summed E-state index contributed by atoms with van der Waals surface area (Å²) in [6.45, 7) is 0. The van der Waals surface area contributed by atoms with Crippen molar-refractivity contribution in [3.63, 3.8) is 0 Å². The Morgan fingerprint density at radius 2 is 0.507 bits per heavy atom. The van der Waals surface area contributed by atoms with E-state index in [9.17, 15) is 0 Å². The van der Waals surface area contributed by atoms with Crippen LogP contribution in [0.1, 0.15) is 51.4 Å². The van der Waals surface area contributed by atoms with Gasteiger partial charge in [-0.3, -0.25) is 9.05 Å². The van der Waals surface area contributed by atoms with E-state index in [-0.39, 0.29) is 44.3 Å². The molecule has 0 aliphatic heterocycles. The first-order valence-electron chi connectivity index (χ1n) is 22.8. The normalized spacial score (nSPS) is 14.9. The molecule has 355 valence electrons. The van der Waals surface area contributed by atoms with Gasteiger partial charge in [0.1, 0.15) is 22.3 Å². The molecular weight excluding hydrogens is 1030 g/mol. The second-order valence-electron chi connectivity index (χ2n) is 16.0. The SMILES string of the molecule is C1=C\CC/C=C\CC/1.C1=C\CC/C=C\CC/1.COp1oc2ccc3ccccc3c2c2c(ccc3ccccc32)o1.COp1oc2ccc3ccccc3c2c2c(ccc3ccccc32)o1.[Cl-].[Cl-].[Rh+2]. The molecular formula is C58H54Cl2O6P2Rh.